The van der Waals surface area contributed by atoms with Gasteiger partial charge in [0.2, 0.25) is 5.91 Å². The molecule has 1 aliphatic rings. The molecular formula is C9H18N2O2. The van der Waals surface area contributed by atoms with Crippen LogP contribution < -0.4 is 11.1 Å². The SMILES string of the molecule is CCC1CC(NCC(N)=O)CCO1. The van der Waals surface area contributed by atoms with Gasteiger partial charge in [0.05, 0.1) is 12.6 Å². The van der Waals surface area contributed by atoms with Crippen molar-refractivity contribution in [2.24, 2.45) is 5.73 Å². The standard InChI is InChI=1S/C9H18N2O2/c1-2-8-5-7(3-4-13-8)11-6-9(10)12/h7-8,11H,2-6H2,1H3,(H2,10,12). The lowest BCUT2D eigenvalue weighted by atomic mass is 10.0. The van der Waals surface area contributed by atoms with Crippen LogP contribution in [-0.2, 0) is 9.53 Å². The lowest BCUT2D eigenvalue weighted by molar-refractivity contribution is -0.117. The molecule has 13 heavy (non-hydrogen) atoms. The quantitative estimate of drug-likeness (QED) is 0.650. The number of primary amides is 1. The fraction of sp³-hybridized carbons (Fsp3) is 0.889. The number of nitrogens with one attached hydrogen (secondary N) is 1. The molecule has 1 amide bonds. The van der Waals surface area contributed by atoms with Gasteiger partial charge in [-0.05, 0) is 19.3 Å². The Morgan fingerprint density at radius 2 is 2.46 bits per heavy atom. The number of rotatable bonds is 4. The number of nitrogens with two attached hydrogens (primary N) is 1. The molecule has 0 aromatic carbocycles. The van der Waals surface area contributed by atoms with Gasteiger partial charge < -0.3 is 15.8 Å². The maximum Gasteiger partial charge on any atom is 0.231 e. The Hall–Kier alpha value is -0.610. The molecule has 1 fully saturated rings. The minimum absolute atomic E-state index is 0.279. The van der Waals surface area contributed by atoms with E-state index >= 15 is 0 Å². The molecule has 1 heterocycles. The highest BCUT2D eigenvalue weighted by Crippen LogP contribution is 2.15. The first-order valence-electron chi connectivity index (χ1n) is 4.85. The van der Waals surface area contributed by atoms with Gasteiger partial charge in [-0.15, -0.1) is 0 Å². The van der Waals surface area contributed by atoms with Gasteiger partial charge in [0, 0.05) is 12.6 Å². The van der Waals surface area contributed by atoms with Crippen LogP contribution in [0.3, 0.4) is 0 Å². The monoisotopic (exact) mass is 186 g/mol. The van der Waals surface area contributed by atoms with Crippen molar-refractivity contribution < 1.29 is 9.53 Å². The molecule has 2 atom stereocenters. The van der Waals surface area contributed by atoms with E-state index in [4.69, 9.17) is 10.5 Å². The summed E-state index contributed by atoms with van der Waals surface area (Å²) in [4.78, 5) is 10.5. The Morgan fingerprint density at radius 3 is 3.08 bits per heavy atom. The molecular weight excluding hydrogens is 168 g/mol. The maximum absolute atomic E-state index is 10.5. The van der Waals surface area contributed by atoms with Crippen molar-refractivity contribution in [2.45, 2.75) is 38.3 Å². The summed E-state index contributed by atoms with van der Waals surface area (Å²) >= 11 is 0. The summed E-state index contributed by atoms with van der Waals surface area (Å²) in [5.74, 6) is -0.292. The second kappa shape index (κ2) is 5.19. The number of hydrogen-bond acceptors (Lipinski definition) is 3. The van der Waals surface area contributed by atoms with Gasteiger partial charge in [-0.3, -0.25) is 4.79 Å². The molecule has 0 aromatic heterocycles. The van der Waals surface area contributed by atoms with E-state index in [-0.39, 0.29) is 12.5 Å². The van der Waals surface area contributed by atoms with Gasteiger partial charge in [0.25, 0.3) is 0 Å². The minimum Gasteiger partial charge on any atom is -0.378 e. The molecule has 1 aliphatic heterocycles. The number of amides is 1. The normalized spacial score (nSPS) is 28.7. The summed E-state index contributed by atoms with van der Waals surface area (Å²) in [5, 5.41) is 3.13. The van der Waals surface area contributed by atoms with Gasteiger partial charge >= 0.3 is 0 Å². The van der Waals surface area contributed by atoms with Crippen molar-refractivity contribution in [1.29, 1.82) is 0 Å². The Morgan fingerprint density at radius 1 is 1.69 bits per heavy atom. The van der Waals surface area contributed by atoms with Crippen molar-refractivity contribution in [3.8, 4) is 0 Å². The van der Waals surface area contributed by atoms with E-state index in [1.165, 1.54) is 0 Å². The van der Waals surface area contributed by atoms with Crippen LogP contribution in [0.5, 0.6) is 0 Å². The Bertz CT molecular complexity index is 173. The summed E-state index contributed by atoms with van der Waals surface area (Å²) < 4.78 is 5.51. The Balaban J connectivity index is 2.21. The minimum atomic E-state index is -0.292. The summed E-state index contributed by atoms with van der Waals surface area (Å²) in [6, 6.07) is 0.395. The highest BCUT2D eigenvalue weighted by atomic mass is 16.5. The van der Waals surface area contributed by atoms with Gasteiger partial charge in [0.15, 0.2) is 0 Å². The highest BCUT2D eigenvalue weighted by molar-refractivity contribution is 5.75. The second-order valence-corrected chi connectivity index (χ2v) is 3.47. The van der Waals surface area contributed by atoms with Crippen molar-refractivity contribution in [1.82, 2.24) is 5.32 Å². The molecule has 4 heteroatoms. The fourth-order valence-corrected chi connectivity index (χ4v) is 1.60. The zero-order chi connectivity index (χ0) is 9.68. The molecule has 4 nitrogen and oxygen atoms in total. The lowest BCUT2D eigenvalue weighted by Gasteiger charge is -2.29. The van der Waals surface area contributed by atoms with Crippen LogP contribution in [0.15, 0.2) is 0 Å². The largest absolute Gasteiger partial charge is 0.378 e. The van der Waals surface area contributed by atoms with Crippen LogP contribution in [0, 0.1) is 0 Å². The van der Waals surface area contributed by atoms with Crippen molar-refractivity contribution >= 4 is 5.91 Å². The number of carbonyl (C=O) groups excluding carboxylic acids is 1. The summed E-state index contributed by atoms with van der Waals surface area (Å²) in [5.41, 5.74) is 5.04. The fourth-order valence-electron chi connectivity index (χ4n) is 1.60. The number of hydrogen-bond donors (Lipinski definition) is 2. The van der Waals surface area contributed by atoms with Crippen molar-refractivity contribution in [2.75, 3.05) is 13.2 Å². The number of carbonyl (C=O) groups is 1. The van der Waals surface area contributed by atoms with Crippen LogP contribution in [0.4, 0.5) is 0 Å². The van der Waals surface area contributed by atoms with Gasteiger partial charge in [-0.2, -0.15) is 0 Å². The first kappa shape index (κ1) is 10.5. The van der Waals surface area contributed by atoms with Crippen LogP contribution in [0.25, 0.3) is 0 Å². The van der Waals surface area contributed by atoms with E-state index < -0.39 is 0 Å². The highest BCUT2D eigenvalue weighted by Gasteiger charge is 2.20. The summed E-state index contributed by atoms with van der Waals surface area (Å²) in [7, 11) is 0. The summed E-state index contributed by atoms with van der Waals surface area (Å²) in [6.07, 6.45) is 3.35. The van der Waals surface area contributed by atoms with Crippen molar-refractivity contribution in [3.05, 3.63) is 0 Å². The number of ether oxygens (including phenoxy) is 1. The van der Waals surface area contributed by atoms with E-state index in [1.54, 1.807) is 0 Å². The molecule has 1 saturated heterocycles. The van der Waals surface area contributed by atoms with Gasteiger partial charge in [0.1, 0.15) is 0 Å². The molecule has 1 rings (SSSR count). The van der Waals surface area contributed by atoms with Crippen LogP contribution in [-0.4, -0.2) is 31.2 Å². The van der Waals surface area contributed by atoms with Gasteiger partial charge in [-0.25, -0.2) is 0 Å². The molecule has 0 bridgehead atoms. The smallest absolute Gasteiger partial charge is 0.231 e. The first-order chi connectivity index (χ1) is 6.22. The molecule has 0 saturated carbocycles. The molecule has 0 spiro atoms. The third-order valence-electron chi connectivity index (χ3n) is 2.39. The third-order valence-corrected chi connectivity index (χ3v) is 2.39. The van der Waals surface area contributed by atoms with E-state index in [9.17, 15) is 4.79 Å². The maximum atomic E-state index is 10.5. The summed E-state index contributed by atoms with van der Waals surface area (Å²) in [6.45, 7) is 3.18. The van der Waals surface area contributed by atoms with E-state index in [0.717, 1.165) is 25.9 Å². The topological polar surface area (TPSA) is 64.3 Å². The molecule has 3 N–H and O–H groups in total. The molecule has 0 radical (unpaired) electrons. The molecule has 0 aliphatic carbocycles. The molecule has 2 unspecified atom stereocenters. The van der Waals surface area contributed by atoms with E-state index in [2.05, 4.69) is 12.2 Å². The zero-order valence-corrected chi connectivity index (χ0v) is 8.08. The predicted molar refractivity (Wildman–Crippen MR) is 50.3 cm³/mol. The van der Waals surface area contributed by atoms with Crippen LogP contribution >= 0.6 is 0 Å². The lowest BCUT2D eigenvalue weighted by Crippen LogP contribution is -2.42. The second-order valence-electron chi connectivity index (χ2n) is 3.47. The zero-order valence-electron chi connectivity index (χ0n) is 8.08. The third kappa shape index (κ3) is 3.74. The predicted octanol–water partition coefficient (Wildman–Crippen LogP) is 0.0189. The first-order valence-corrected chi connectivity index (χ1v) is 4.85. The Kier molecular flexibility index (Phi) is 4.18. The molecule has 76 valence electrons. The average molecular weight is 186 g/mol. The van der Waals surface area contributed by atoms with Crippen LogP contribution in [0.2, 0.25) is 0 Å². The molecule has 0 aromatic rings. The average Bonchev–Trinajstić information content (AvgIpc) is 2.15. The van der Waals surface area contributed by atoms with Gasteiger partial charge in [-0.1, -0.05) is 6.92 Å². The van der Waals surface area contributed by atoms with Crippen molar-refractivity contribution in [3.63, 3.8) is 0 Å². The van der Waals surface area contributed by atoms with E-state index in [1.807, 2.05) is 0 Å². The van der Waals surface area contributed by atoms with Crippen LogP contribution in [0.1, 0.15) is 26.2 Å². The Labute approximate surface area is 78.8 Å². The van der Waals surface area contributed by atoms with E-state index in [0.29, 0.717) is 12.1 Å².